The summed E-state index contributed by atoms with van der Waals surface area (Å²) in [7, 11) is 0. The van der Waals surface area contributed by atoms with Crippen molar-refractivity contribution < 1.29 is 8.94 Å². The lowest BCUT2D eigenvalue weighted by Gasteiger charge is -2.07. The van der Waals surface area contributed by atoms with Crippen molar-refractivity contribution in [2.75, 3.05) is 0 Å². The Morgan fingerprint density at radius 2 is 2.19 bits per heavy atom. The van der Waals surface area contributed by atoms with Crippen LogP contribution in [0.3, 0.4) is 0 Å². The van der Waals surface area contributed by atoms with Gasteiger partial charge in [-0.1, -0.05) is 23.0 Å². The van der Waals surface area contributed by atoms with Crippen LogP contribution in [-0.2, 0) is 12.2 Å². The SMILES string of the molecule is c1coc(-c2noc(CSc3nnc(Cc4cccs4)n3C3CC3)n2)c1. The third-order valence-corrected chi connectivity index (χ3v) is 5.90. The number of thioether (sulfide) groups is 1. The molecular formula is C17H15N5O2S2. The van der Waals surface area contributed by atoms with E-state index in [-0.39, 0.29) is 0 Å². The molecule has 4 aromatic heterocycles. The first-order valence-corrected chi connectivity index (χ1v) is 10.2. The summed E-state index contributed by atoms with van der Waals surface area (Å²) in [6.07, 6.45) is 4.79. The van der Waals surface area contributed by atoms with Gasteiger partial charge in [0.25, 0.3) is 0 Å². The van der Waals surface area contributed by atoms with Crippen LogP contribution in [0.15, 0.2) is 50.0 Å². The van der Waals surface area contributed by atoms with E-state index < -0.39 is 0 Å². The van der Waals surface area contributed by atoms with Gasteiger partial charge in [0.15, 0.2) is 10.9 Å². The van der Waals surface area contributed by atoms with E-state index in [1.807, 2.05) is 6.07 Å². The highest BCUT2D eigenvalue weighted by molar-refractivity contribution is 7.98. The second-order valence-electron chi connectivity index (χ2n) is 6.03. The number of thiophene rings is 1. The maximum atomic E-state index is 5.32. The lowest BCUT2D eigenvalue weighted by atomic mass is 10.3. The second kappa shape index (κ2) is 6.73. The highest BCUT2D eigenvalue weighted by Gasteiger charge is 2.30. The molecule has 0 saturated heterocycles. The summed E-state index contributed by atoms with van der Waals surface area (Å²) in [4.78, 5) is 5.68. The lowest BCUT2D eigenvalue weighted by molar-refractivity contribution is 0.390. The largest absolute Gasteiger partial charge is 0.461 e. The molecule has 0 radical (unpaired) electrons. The molecule has 9 heteroatoms. The number of furan rings is 1. The summed E-state index contributed by atoms with van der Waals surface area (Å²) < 4.78 is 12.9. The van der Waals surface area contributed by atoms with Crippen molar-refractivity contribution in [3.05, 3.63) is 52.5 Å². The average molecular weight is 385 g/mol. The summed E-state index contributed by atoms with van der Waals surface area (Å²) in [5.74, 6) is 3.19. The van der Waals surface area contributed by atoms with Gasteiger partial charge in [0.1, 0.15) is 5.82 Å². The summed E-state index contributed by atoms with van der Waals surface area (Å²) >= 11 is 3.33. The van der Waals surface area contributed by atoms with Crippen molar-refractivity contribution in [2.24, 2.45) is 0 Å². The molecule has 7 nitrogen and oxygen atoms in total. The normalized spacial score (nSPS) is 14.2. The monoisotopic (exact) mass is 385 g/mol. The van der Waals surface area contributed by atoms with E-state index in [2.05, 4.69) is 42.4 Å². The van der Waals surface area contributed by atoms with Gasteiger partial charge < -0.3 is 13.5 Å². The molecule has 0 unspecified atom stereocenters. The summed E-state index contributed by atoms with van der Waals surface area (Å²) in [5, 5.41) is 15.8. The molecule has 0 amide bonds. The minimum Gasteiger partial charge on any atom is -0.461 e. The Morgan fingerprint density at radius 3 is 2.96 bits per heavy atom. The van der Waals surface area contributed by atoms with Gasteiger partial charge in [0.05, 0.1) is 12.0 Å². The van der Waals surface area contributed by atoms with Gasteiger partial charge in [0, 0.05) is 17.3 Å². The van der Waals surface area contributed by atoms with Crippen LogP contribution in [0.1, 0.15) is 35.5 Å². The first-order chi connectivity index (χ1) is 12.9. The molecule has 0 spiro atoms. The van der Waals surface area contributed by atoms with E-state index >= 15 is 0 Å². The van der Waals surface area contributed by atoms with Crippen molar-refractivity contribution in [3.63, 3.8) is 0 Å². The van der Waals surface area contributed by atoms with Gasteiger partial charge >= 0.3 is 0 Å². The Labute approximate surface area is 157 Å². The molecule has 1 aliphatic rings. The Hall–Kier alpha value is -2.39. The maximum Gasteiger partial charge on any atom is 0.238 e. The van der Waals surface area contributed by atoms with E-state index in [1.54, 1.807) is 35.4 Å². The van der Waals surface area contributed by atoms with Crippen LogP contribution in [-0.4, -0.2) is 24.9 Å². The highest BCUT2D eigenvalue weighted by atomic mass is 32.2. The smallest absolute Gasteiger partial charge is 0.238 e. The molecule has 132 valence electrons. The Morgan fingerprint density at radius 1 is 1.23 bits per heavy atom. The predicted molar refractivity (Wildman–Crippen MR) is 97.0 cm³/mol. The zero-order valence-electron chi connectivity index (χ0n) is 13.7. The number of rotatable bonds is 7. The molecule has 26 heavy (non-hydrogen) atoms. The molecule has 0 bridgehead atoms. The molecule has 0 atom stereocenters. The fraction of sp³-hybridized carbons (Fsp3) is 0.294. The molecule has 1 saturated carbocycles. The van der Waals surface area contributed by atoms with E-state index in [9.17, 15) is 0 Å². The molecule has 1 fully saturated rings. The van der Waals surface area contributed by atoms with Gasteiger partial charge in [-0.15, -0.1) is 21.5 Å². The van der Waals surface area contributed by atoms with Crippen molar-refractivity contribution in [1.29, 1.82) is 0 Å². The highest BCUT2D eigenvalue weighted by Crippen LogP contribution is 2.39. The number of hydrogen-bond acceptors (Lipinski definition) is 8. The fourth-order valence-electron chi connectivity index (χ4n) is 2.74. The van der Waals surface area contributed by atoms with Gasteiger partial charge in [-0.05, 0) is 36.4 Å². The van der Waals surface area contributed by atoms with Crippen LogP contribution in [0.5, 0.6) is 0 Å². The molecule has 4 aromatic rings. The first kappa shape index (κ1) is 15.8. The van der Waals surface area contributed by atoms with E-state index in [4.69, 9.17) is 8.94 Å². The van der Waals surface area contributed by atoms with Gasteiger partial charge in [-0.2, -0.15) is 4.98 Å². The van der Waals surface area contributed by atoms with Crippen molar-refractivity contribution in [1.82, 2.24) is 24.9 Å². The van der Waals surface area contributed by atoms with Gasteiger partial charge in [-0.25, -0.2) is 0 Å². The molecular weight excluding hydrogens is 370 g/mol. The second-order valence-corrected chi connectivity index (χ2v) is 8.01. The maximum absolute atomic E-state index is 5.32. The number of nitrogens with zero attached hydrogens (tertiary/aromatic N) is 5. The lowest BCUT2D eigenvalue weighted by Crippen LogP contribution is -2.03. The van der Waals surface area contributed by atoms with Gasteiger partial charge in [-0.3, -0.25) is 0 Å². The molecule has 1 aliphatic carbocycles. The zero-order valence-corrected chi connectivity index (χ0v) is 15.4. The summed E-state index contributed by atoms with van der Waals surface area (Å²) in [6.45, 7) is 0. The fourth-order valence-corrected chi connectivity index (χ4v) is 4.30. The first-order valence-electron chi connectivity index (χ1n) is 8.32. The third kappa shape index (κ3) is 3.19. The summed E-state index contributed by atoms with van der Waals surface area (Å²) in [5.41, 5.74) is 0. The Bertz CT molecular complexity index is 987. The van der Waals surface area contributed by atoms with Crippen molar-refractivity contribution in [3.8, 4) is 11.6 Å². The molecule has 0 aliphatic heterocycles. The topological polar surface area (TPSA) is 82.8 Å². The van der Waals surface area contributed by atoms with Crippen molar-refractivity contribution in [2.45, 2.75) is 36.2 Å². The van der Waals surface area contributed by atoms with Crippen LogP contribution in [0.4, 0.5) is 0 Å². The Kier molecular flexibility index (Phi) is 4.10. The predicted octanol–water partition coefficient (Wildman–Crippen LogP) is 4.20. The number of hydrogen-bond donors (Lipinski definition) is 0. The molecule has 4 heterocycles. The molecule has 0 N–H and O–H groups in total. The average Bonchev–Trinajstić information content (AvgIpc) is 3.17. The standard InChI is InChI=1S/C17H15N5O2S2/c1-4-13(23-7-1)16-18-15(24-21-16)10-26-17-20-19-14(22(17)11-5-6-11)9-12-3-2-8-25-12/h1-4,7-8,11H,5-6,9-10H2. The van der Waals surface area contributed by atoms with Crippen LogP contribution >= 0.6 is 23.1 Å². The van der Waals surface area contributed by atoms with Crippen LogP contribution < -0.4 is 0 Å². The minimum atomic E-state index is 0.465. The van der Waals surface area contributed by atoms with Crippen LogP contribution in [0, 0.1) is 0 Å². The van der Waals surface area contributed by atoms with Crippen LogP contribution in [0.25, 0.3) is 11.6 Å². The van der Waals surface area contributed by atoms with E-state index in [0.29, 0.717) is 29.3 Å². The quantitative estimate of drug-likeness (QED) is 0.441. The molecule has 5 rings (SSSR count). The summed E-state index contributed by atoms with van der Waals surface area (Å²) in [6, 6.07) is 8.33. The Balaban J connectivity index is 1.32. The van der Waals surface area contributed by atoms with E-state index in [0.717, 1.165) is 17.4 Å². The van der Waals surface area contributed by atoms with E-state index in [1.165, 1.54) is 17.7 Å². The third-order valence-electron chi connectivity index (χ3n) is 4.09. The van der Waals surface area contributed by atoms with Crippen molar-refractivity contribution >= 4 is 23.1 Å². The number of aromatic nitrogens is 5. The zero-order chi connectivity index (χ0) is 17.3. The molecule has 0 aromatic carbocycles. The van der Waals surface area contributed by atoms with Gasteiger partial charge in [0.2, 0.25) is 11.7 Å². The van der Waals surface area contributed by atoms with Crippen LogP contribution in [0.2, 0.25) is 0 Å². The minimum absolute atomic E-state index is 0.465.